The number of rotatable bonds is 6. The molecule has 4 heterocycles. The molecule has 0 bridgehead atoms. The molecular formula is C19H24F3N5O4. The zero-order valence-electron chi connectivity index (χ0n) is 16.7. The van der Waals surface area contributed by atoms with E-state index < -0.39 is 12.1 Å². The van der Waals surface area contributed by atoms with Crippen LogP contribution < -0.4 is 4.90 Å². The van der Waals surface area contributed by atoms with E-state index in [1.165, 1.54) is 0 Å². The third-order valence-corrected chi connectivity index (χ3v) is 4.95. The number of hydrogen-bond donors (Lipinski definition) is 1. The molecule has 9 nitrogen and oxygen atoms in total. The normalized spacial score (nSPS) is 23.1. The molecular weight excluding hydrogens is 419 g/mol. The topological polar surface area (TPSA) is 103 Å². The van der Waals surface area contributed by atoms with Gasteiger partial charge in [-0.25, -0.2) is 14.8 Å². The van der Waals surface area contributed by atoms with Crippen LogP contribution in [0.25, 0.3) is 0 Å². The Morgan fingerprint density at radius 1 is 1.26 bits per heavy atom. The minimum Gasteiger partial charge on any atom is -0.475 e. The Labute approximate surface area is 176 Å². The Morgan fingerprint density at radius 3 is 2.65 bits per heavy atom. The maximum Gasteiger partial charge on any atom is 0.490 e. The fourth-order valence-electron chi connectivity index (χ4n) is 3.62. The maximum atomic E-state index is 10.6. The van der Waals surface area contributed by atoms with Gasteiger partial charge in [0.1, 0.15) is 12.2 Å². The highest BCUT2D eigenvalue weighted by atomic mass is 19.4. The Balaban J connectivity index is 0.000000339. The fourth-order valence-corrected chi connectivity index (χ4v) is 3.62. The van der Waals surface area contributed by atoms with Gasteiger partial charge in [0, 0.05) is 44.5 Å². The van der Waals surface area contributed by atoms with E-state index in [9.17, 15) is 13.2 Å². The molecule has 2 aliphatic heterocycles. The molecule has 1 N–H and O–H groups in total. The highest BCUT2D eigenvalue weighted by Crippen LogP contribution is 2.32. The highest BCUT2D eigenvalue weighted by molar-refractivity contribution is 5.73. The Hall–Kier alpha value is -2.73. The van der Waals surface area contributed by atoms with E-state index in [1.54, 1.807) is 18.6 Å². The molecule has 0 aromatic carbocycles. The van der Waals surface area contributed by atoms with Gasteiger partial charge in [0.15, 0.2) is 0 Å². The second-order valence-electron chi connectivity index (χ2n) is 7.08. The van der Waals surface area contributed by atoms with Gasteiger partial charge in [-0.15, -0.1) is 0 Å². The van der Waals surface area contributed by atoms with Gasteiger partial charge < -0.3 is 19.5 Å². The van der Waals surface area contributed by atoms with Crippen molar-refractivity contribution in [2.45, 2.75) is 50.2 Å². The molecule has 3 atom stereocenters. The number of aryl methyl sites for hydroxylation is 1. The van der Waals surface area contributed by atoms with Crippen LogP contribution in [0.3, 0.4) is 0 Å². The second kappa shape index (κ2) is 10.5. The summed E-state index contributed by atoms with van der Waals surface area (Å²) in [4.78, 5) is 20.0. The Bertz CT molecular complexity index is 807. The van der Waals surface area contributed by atoms with Crippen LogP contribution in [-0.2, 0) is 20.8 Å². The molecule has 0 radical (unpaired) electrons. The van der Waals surface area contributed by atoms with E-state index in [0.717, 1.165) is 44.9 Å². The maximum absolute atomic E-state index is 10.6. The molecule has 170 valence electrons. The molecule has 0 saturated carbocycles. The van der Waals surface area contributed by atoms with Crippen LogP contribution in [0.5, 0.6) is 0 Å². The van der Waals surface area contributed by atoms with Gasteiger partial charge in [0.05, 0.1) is 12.6 Å². The second-order valence-corrected chi connectivity index (χ2v) is 7.08. The van der Waals surface area contributed by atoms with E-state index in [0.29, 0.717) is 12.6 Å². The molecule has 0 unspecified atom stereocenters. The van der Waals surface area contributed by atoms with Crippen LogP contribution >= 0.6 is 0 Å². The number of carboxylic acid groups (broad SMARTS) is 1. The molecule has 12 heteroatoms. The first-order valence-corrected chi connectivity index (χ1v) is 9.90. The molecule has 31 heavy (non-hydrogen) atoms. The van der Waals surface area contributed by atoms with Gasteiger partial charge in [0.25, 0.3) is 0 Å². The fraction of sp³-hybridized carbons (Fsp3) is 0.579. The minimum atomic E-state index is -5.08. The smallest absolute Gasteiger partial charge is 0.475 e. The van der Waals surface area contributed by atoms with Crippen molar-refractivity contribution in [2.24, 2.45) is 0 Å². The van der Waals surface area contributed by atoms with Crippen molar-refractivity contribution in [3.63, 3.8) is 0 Å². The number of aliphatic carboxylic acids is 1. The first kappa shape index (κ1) is 22.9. The summed E-state index contributed by atoms with van der Waals surface area (Å²) in [6, 6.07) is 4.10. The van der Waals surface area contributed by atoms with E-state index in [2.05, 4.69) is 20.0 Å². The zero-order chi connectivity index (χ0) is 22.3. The first-order valence-electron chi connectivity index (χ1n) is 9.90. The third kappa shape index (κ3) is 6.37. The first-order chi connectivity index (χ1) is 14.9. The lowest BCUT2D eigenvalue weighted by Crippen LogP contribution is -2.42. The largest absolute Gasteiger partial charge is 0.490 e. The van der Waals surface area contributed by atoms with E-state index in [4.69, 9.17) is 19.4 Å². The monoisotopic (exact) mass is 443 g/mol. The van der Waals surface area contributed by atoms with Gasteiger partial charge in [0.2, 0.25) is 5.95 Å². The van der Waals surface area contributed by atoms with Crippen LogP contribution in [0, 0.1) is 0 Å². The number of alkyl halides is 3. The van der Waals surface area contributed by atoms with E-state index in [-0.39, 0.29) is 12.2 Å². The molecule has 2 saturated heterocycles. The molecule has 0 aliphatic carbocycles. The highest BCUT2D eigenvalue weighted by Gasteiger charge is 2.45. The van der Waals surface area contributed by atoms with Crippen molar-refractivity contribution in [2.75, 3.05) is 24.7 Å². The average molecular weight is 443 g/mol. The van der Waals surface area contributed by atoms with Gasteiger partial charge in [-0.3, -0.25) is 4.68 Å². The van der Waals surface area contributed by atoms with Crippen molar-refractivity contribution in [3.8, 4) is 0 Å². The van der Waals surface area contributed by atoms with Crippen LogP contribution in [0.15, 0.2) is 36.9 Å². The third-order valence-electron chi connectivity index (χ3n) is 4.95. The summed E-state index contributed by atoms with van der Waals surface area (Å²) in [5.41, 5.74) is 0. The summed E-state index contributed by atoms with van der Waals surface area (Å²) in [5, 5.41) is 11.3. The van der Waals surface area contributed by atoms with Crippen LogP contribution in [0.2, 0.25) is 0 Å². The molecule has 2 fully saturated rings. The van der Waals surface area contributed by atoms with Crippen molar-refractivity contribution in [3.05, 3.63) is 36.9 Å². The van der Waals surface area contributed by atoms with Crippen molar-refractivity contribution in [1.29, 1.82) is 0 Å². The summed E-state index contributed by atoms with van der Waals surface area (Å²) in [6.45, 7) is 3.19. The van der Waals surface area contributed by atoms with Gasteiger partial charge in [-0.2, -0.15) is 18.3 Å². The van der Waals surface area contributed by atoms with Gasteiger partial charge in [-0.1, -0.05) is 0 Å². The van der Waals surface area contributed by atoms with Crippen molar-refractivity contribution >= 4 is 11.9 Å². The number of halogens is 3. The standard InChI is InChI=1S/C17H23N5O2.C2HF3O2/c1-5-14-16(24-11-1)15(13-22(14)17-18-6-2-7-19-17)23-12-4-10-21-9-3-8-20-21;3-2(4,5)1(6)7/h2-3,6-9,14-16H,1,4-5,10-13H2;(H,6,7)/t14-,15-,16+;/m1./s1. The number of aromatic nitrogens is 4. The number of ether oxygens (including phenoxy) is 2. The number of nitrogens with zero attached hydrogens (tertiary/aromatic N) is 5. The van der Waals surface area contributed by atoms with Crippen molar-refractivity contribution in [1.82, 2.24) is 19.7 Å². The van der Waals surface area contributed by atoms with Crippen LogP contribution in [0.4, 0.5) is 19.1 Å². The van der Waals surface area contributed by atoms with E-state index in [1.807, 2.05) is 23.0 Å². The molecule has 0 spiro atoms. The van der Waals surface area contributed by atoms with Gasteiger partial charge in [-0.05, 0) is 31.4 Å². The van der Waals surface area contributed by atoms with Crippen LogP contribution in [0.1, 0.15) is 19.3 Å². The summed E-state index contributed by atoms with van der Waals surface area (Å²) in [7, 11) is 0. The lowest BCUT2D eigenvalue weighted by atomic mass is 10.0. The quantitative estimate of drug-likeness (QED) is 0.678. The SMILES string of the molecule is O=C(O)C(F)(F)F.c1cnc(N2C[C@@H](OCCCn3cccn3)[C@H]3OCCC[C@H]32)nc1. The zero-order valence-corrected chi connectivity index (χ0v) is 16.7. The number of carboxylic acids is 1. The van der Waals surface area contributed by atoms with Gasteiger partial charge >= 0.3 is 12.1 Å². The Morgan fingerprint density at radius 2 is 2.00 bits per heavy atom. The number of fused-ring (bicyclic) bond motifs is 1. The lowest BCUT2D eigenvalue weighted by Gasteiger charge is -2.32. The van der Waals surface area contributed by atoms with Crippen LogP contribution in [-0.4, -0.2) is 75.0 Å². The minimum absolute atomic E-state index is 0.0803. The molecule has 2 aromatic heterocycles. The summed E-state index contributed by atoms with van der Waals surface area (Å²) >= 11 is 0. The molecule has 0 amide bonds. The summed E-state index contributed by atoms with van der Waals surface area (Å²) in [5.74, 6) is -1.98. The average Bonchev–Trinajstić information content (AvgIpc) is 3.40. The molecule has 2 aromatic rings. The number of hydrogen-bond acceptors (Lipinski definition) is 7. The Kier molecular flexibility index (Phi) is 7.80. The lowest BCUT2D eigenvalue weighted by molar-refractivity contribution is -0.192. The molecule has 2 aliphatic rings. The predicted octanol–water partition coefficient (Wildman–Crippen LogP) is 2.15. The van der Waals surface area contributed by atoms with Crippen molar-refractivity contribution < 1.29 is 32.5 Å². The molecule has 4 rings (SSSR count). The number of anilines is 1. The summed E-state index contributed by atoms with van der Waals surface area (Å²) in [6.07, 6.45) is 5.60. The predicted molar refractivity (Wildman–Crippen MR) is 102 cm³/mol. The number of carbonyl (C=O) groups is 1. The summed E-state index contributed by atoms with van der Waals surface area (Å²) < 4.78 is 45.9. The van der Waals surface area contributed by atoms with E-state index >= 15 is 0 Å².